The summed E-state index contributed by atoms with van der Waals surface area (Å²) >= 11 is 1.49. The third-order valence-electron chi connectivity index (χ3n) is 2.86. The van der Waals surface area contributed by atoms with E-state index < -0.39 is 0 Å². The van der Waals surface area contributed by atoms with E-state index in [1.807, 2.05) is 48.6 Å². The number of ketones is 1. The standard InChI is InChI=1S/C15H18N2OS/c1-4-5-11-6-8-12(9-7-11)14(18)13-10-19-15(16-13)17(2)3/h6-10H,4-5H2,1-3H3. The van der Waals surface area contributed by atoms with E-state index in [0.717, 1.165) is 18.0 Å². The first kappa shape index (κ1) is 13.7. The van der Waals surface area contributed by atoms with Gasteiger partial charge in [0.2, 0.25) is 5.78 Å². The van der Waals surface area contributed by atoms with Crippen molar-refractivity contribution in [2.45, 2.75) is 19.8 Å². The molecule has 0 fully saturated rings. The Bertz CT molecular complexity index is 558. The van der Waals surface area contributed by atoms with Gasteiger partial charge in [0.1, 0.15) is 5.69 Å². The summed E-state index contributed by atoms with van der Waals surface area (Å²) in [6.07, 6.45) is 2.17. The van der Waals surface area contributed by atoms with Gasteiger partial charge in [-0.1, -0.05) is 37.6 Å². The molecular formula is C15H18N2OS. The predicted octanol–water partition coefficient (Wildman–Crippen LogP) is 3.39. The van der Waals surface area contributed by atoms with E-state index in [2.05, 4.69) is 11.9 Å². The molecule has 0 unspecified atom stereocenters. The van der Waals surface area contributed by atoms with Crippen LogP contribution < -0.4 is 4.90 Å². The van der Waals surface area contributed by atoms with Crippen LogP contribution in [0.4, 0.5) is 5.13 Å². The SMILES string of the molecule is CCCc1ccc(C(=O)c2csc(N(C)C)n2)cc1. The molecule has 0 atom stereocenters. The van der Waals surface area contributed by atoms with Crippen LogP contribution in [0.2, 0.25) is 0 Å². The summed E-state index contributed by atoms with van der Waals surface area (Å²) in [5.74, 6) is -0.00704. The highest BCUT2D eigenvalue weighted by Gasteiger charge is 2.13. The minimum atomic E-state index is -0.00704. The van der Waals surface area contributed by atoms with E-state index in [0.29, 0.717) is 11.3 Å². The maximum Gasteiger partial charge on any atom is 0.212 e. The first-order chi connectivity index (χ1) is 9.11. The number of aromatic nitrogens is 1. The van der Waals surface area contributed by atoms with Crippen LogP contribution in [0.15, 0.2) is 29.6 Å². The van der Waals surface area contributed by atoms with E-state index in [1.165, 1.54) is 16.9 Å². The van der Waals surface area contributed by atoms with Crippen LogP contribution in [-0.2, 0) is 6.42 Å². The van der Waals surface area contributed by atoms with E-state index in [4.69, 9.17) is 0 Å². The molecule has 2 aromatic rings. The molecule has 0 aliphatic carbocycles. The summed E-state index contributed by atoms with van der Waals surface area (Å²) in [7, 11) is 3.85. The number of benzene rings is 1. The Morgan fingerprint density at radius 1 is 1.26 bits per heavy atom. The van der Waals surface area contributed by atoms with Gasteiger partial charge in [-0.2, -0.15) is 0 Å². The van der Waals surface area contributed by atoms with Gasteiger partial charge in [-0.15, -0.1) is 11.3 Å². The molecule has 1 aromatic heterocycles. The fourth-order valence-electron chi connectivity index (χ4n) is 1.83. The number of hydrogen-bond donors (Lipinski definition) is 0. The molecule has 0 amide bonds. The van der Waals surface area contributed by atoms with Crippen LogP contribution in [0, 0.1) is 0 Å². The Kier molecular flexibility index (Phi) is 4.32. The molecule has 0 saturated carbocycles. The first-order valence-corrected chi connectivity index (χ1v) is 7.26. The van der Waals surface area contributed by atoms with Gasteiger partial charge in [0, 0.05) is 25.0 Å². The van der Waals surface area contributed by atoms with Crippen LogP contribution in [0.1, 0.15) is 35.0 Å². The monoisotopic (exact) mass is 274 g/mol. The van der Waals surface area contributed by atoms with Crippen molar-refractivity contribution in [1.82, 2.24) is 4.98 Å². The van der Waals surface area contributed by atoms with Gasteiger partial charge in [0.05, 0.1) is 0 Å². The molecule has 0 radical (unpaired) electrons. The van der Waals surface area contributed by atoms with Crippen molar-refractivity contribution < 1.29 is 4.79 Å². The highest BCUT2D eigenvalue weighted by Crippen LogP contribution is 2.20. The fourth-order valence-corrected chi connectivity index (χ4v) is 2.57. The molecule has 0 aliphatic rings. The number of nitrogens with zero attached hydrogens (tertiary/aromatic N) is 2. The van der Waals surface area contributed by atoms with Crippen LogP contribution in [0.5, 0.6) is 0 Å². The molecule has 0 N–H and O–H groups in total. The number of rotatable bonds is 5. The summed E-state index contributed by atoms with van der Waals surface area (Å²) in [5, 5.41) is 2.67. The van der Waals surface area contributed by atoms with Gasteiger partial charge in [-0.05, 0) is 12.0 Å². The topological polar surface area (TPSA) is 33.2 Å². The zero-order chi connectivity index (χ0) is 13.8. The second-order valence-electron chi connectivity index (χ2n) is 4.69. The lowest BCUT2D eigenvalue weighted by atomic mass is 10.0. The Morgan fingerprint density at radius 3 is 2.47 bits per heavy atom. The quantitative estimate of drug-likeness (QED) is 0.784. The zero-order valence-electron chi connectivity index (χ0n) is 11.5. The molecule has 0 aliphatic heterocycles. The first-order valence-electron chi connectivity index (χ1n) is 6.38. The summed E-state index contributed by atoms with van der Waals surface area (Å²) in [6.45, 7) is 2.15. The molecule has 4 heteroatoms. The van der Waals surface area contributed by atoms with E-state index in [9.17, 15) is 4.79 Å². The molecule has 19 heavy (non-hydrogen) atoms. The molecular weight excluding hydrogens is 256 g/mol. The summed E-state index contributed by atoms with van der Waals surface area (Å²) in [4.78, 5) is 18.5. The van der Waals surface area contributed by atoms with Crippen molar-refractivity contribution in [3.8, 4) is 0 Å². The van der Waals surface area contributed by atoms with Crippen LogP contribution >= 0.6 is 11.3 Å². The summed E-state index contributed by atoms with van der Waals surface area (Å²) < 4.78 is 0. The minimum absolute atomic E-state index is 0.00704. The molecule has 0 saturated heterocycles. The smallest absolute Gasteiger partial charge is 0.212 e. The second-order valence-corrected chi connectivity index (χ2v) is 5.52. The van der Waals surface area contributed by atoms with Crippen LogP contribution in [0.3, 0.4) is 0 Å². The van der Waals surface area contributed by atoms with Gasteiger partial charge in [-0.3, -0.25) is 4.79 Å². The number of aryl methyl sites for hydroxylation is 1. The highest BCUT2D eigenvalue weighted by atomic mass is 32.1. The van der Waals surface area contributed by atoms with Crippen molar-refractivity contribution in [2.75, 3.05) is 19.0 Å². The number of hydrogen-bond acceptors (Lipinski definition) is 4. The highest BCUT2D eigenvalue weighted by molar-refractivity contribution is 7.13. The average molecular weight is 274 g/mol. The molecule has 3 nitrogen and oxygen atoms in total. The normalized spacial score (nSPS) is 10.5. The summed E-state index contributed by atoms with van der Waals surface area (Å²) in [6, 6.07) is 7.83. The molecule has 1 aromatic carbocycles. The Morgan fingerprint density at radius 2 is 1.95 bits per heavy atom. The second kappa shape index (κ2) is 5.97. The van der Waals surface area contributed by atoms with Crippen molar-refractivity contribution >= 4 is 22.3 Å². The van der Waals surface area contributed by atoms with Crippen molar-refractivity contribution in [3.63, 3.8) is 0 Å². The molecule has 0 spiro atoms. The lowest BCUT2D eigenvalue weighted by molar-refractivity contribution is 0.103. The summed E-state index contributed by atoms with van der Waals surface area (Å²) in [5.41, 5.74) is 2.50. The molecule has 1 heterocycles. The largest absolute Gasteiger partial charge is 0.354 e. The van der Waals surface area contributed by atoms with E-state index in [1.54, 1.807) is 0 Å². The van der Waals surface area contributed by atoms with Gasteiger partial charge >= 0.3 is 0 Å². The lowest BCUT2D eigenvalue weighted by Gasteiger charge is -2.05. The van der Waals surface area contributed by atoms with Crippen LogP contribution in [-0.4, -0.2) is 24.9 Å². The average Bonchev–Trinajstić information content (AvgIpc) is 2.89. The fraction of sp³-hybridized carbons (Fsp3) is 0.333. The van der Waals surface area contributed by atoms with Crippen molar-refractivity contribution in [2.24, 2.45) is 0 Å². The van der Waals surface area contributed by atoms with E-state index >= 15 is 0 Å². The third-order valence-corrected chi connectivity index (χ3v) is 3.87. The Balaban J connectivity index is 2.18. The lowest BCUT2D eigenvalue weighted by Crippen LogP contribution is -2.09. The van der Waals surface area contributed by atoms with Gasteiger partial charge in [0.15, 0.2) is 5.13 Å². The van der Waals surface area contributed by atoms with Crippen molar-refractivity contribution in [1.29, 1.82) is 0 Å². The molecule has 2 rings (SSSR count). The third kappa shape index (κ3) is 3.20. The van der Waals surface area contributed by atoms with E-state index in [-0.39, 0.29) is 5.78 Å². The van der Waals surface area contributed by atoms with Crippen LogP contribution in [0.25, 0.3) is 0 Å². The van der Waals surface area contributed by atoms with Gasteiger partial charge in [-0.25, -0.2) is 4.98 Å². The number of carbonyl (C=O) groups excluding carboxylic acids is 1. The van der Waals surface area contributed by atoms with Crippen molar-refractivity contribution in [3.05, 3.63) is 46.5 Å². The van der Waals surface area contributed by atoms with Gasteiger partial charge in [0.25, 0.3) is 0 Å². The maximum atomic E-state index is 12.3. The Labute approximate surface area is 117 Å². The minimum Gasteiger partial charge on any atom is -0.354 e. The molecule has 0 bridgehead atoms. The Hall–Kier alpha value is -1.68. The zero-order valence-corrected chi connectivity index (χ0v) is 12.3. The number of carbonyl (C=O) groups is 1. The molecule has 100 valence electrons. The number of anilines is 1. The maximum absolute atomic E-state index is 12.3. The number of thiazole rings is 1. The van der Waals surface area contributed by atoms with Gasteiger partial charge < -0.3 is 4.90 Å². The predicted molar refractivity (Wildman–Crippen MR) is 80.3 cm³/mol.